The Morgan fingerprint density at radius 2 is 1.90 bits per heavy atom. The Balaban J connectivity index is 1.65. The Bertz CT molecular complexity index is 1030. The molecule has 1 aromatic heterocycles. The van der Waals surface area contributed by atoms with E-state index in [4.69, 9.17) is 25.2 Å². The number of nitrogens with zero attached hydrogens (tertiary/aromatic N) is 2. The number of fused-ring (bicyclic) bond motifs is 1. The molecule has 4 N–H and O–H groups in total. The van der Waals surface area contributed by atoms with Crippen molar-refractivity contribution in [2.75, 3.05) is 13.2 Å². The van der Waals surface area contributed by atoms with Crippen molar-refractivity contribution in [3.8, 4) is 11.5 Å². The minimum atomic E-state index is -1.72. The lowest BCUT2D eigenvalue weighted by atomic mass is 10.2. The molecule has 1 heterocycles. The lowest BCUT2D eigenvalue weighted by Gasteiger charge is -2.11. The van der Waals surface area contributed by atoms with E-state index >= 15 is 0 Å². The summed E-state index contributed by atoms with van der Waals surface area (Å²) in [7, 11) is 0. The van der Waals surface area contributed by atoms with Gasteiger partial charge in [0.15, 0.2) is 0 Å². The summed E-state index contributed by atoms with van der Waals surface area (Å²) in [5.41, 5.74) is 11.9. The third-order valence-electron chi connectivity index (χ3n) is 3.79. The Kier molecular flexibility index (Phi) is 6.85. The Morgan fingerprint density at radius 3 is 2.72 bits per heavy atom. The number of pyridine rings is 1. The molecule has 2 aromatic carbocycles. The number of aromatic nitrogens is 1. The highest BCUT2D eigenvalue weighted by molar-refractivity contribution is 7.80. The highest BCUT2D eigenvalue weighted by Gasteiger charge is 2.13. The van der Waals surface area contributed by atoms with Crippen LogP contribution in [0.25, 0.3) is 10.9 Å². The number of aryl methyl sites for hydroxylation is 1. The number of ether oxygens (including phenoxy) is 1. The molecule has 0 aliphatic carbocycles. The van der Waals surface area contributed by atoms with Crippen molar-refractivity contribution in [1.82, 2.24) is 4.98 Å². The molecule has 0 saturated carbocycles. The van der Waals surface area contributed by atoms with Gasteiger partial charge in [0.1, 0.15) is 23.0 Å². The van der Waals surface area contributed by atoms with Crippen LogP contribution in [0.3, 0.4) is 0 Å². The number of hydrogen-bond acceptors (Lipinski definition) is 6. The first-order valence-corrected chi connectivity index (χ1v) is 9.99. The van der Waals surface area contributed by atoms with Crippen LogP contribution in [0.1, 0.15) is 12.0 Å². The lowest BCUT2D eigenvalue weighted by Crippen LogP contribution is -2.23. The van der Waals surface area contributed by atoms with Crippen molar-refractivity contribution in [3.63, 3.8) is 0 Å². The molecule has 3 rings (SSSR count). The highest BCUT2D eigenvalue weighted by Crippen LogP contribution is 2.26. The first-order valence-electron chi connectivity index (χ1n) is 8.92. The fourth-order valence-corrected chi connectivity index (χ4v) is 3.50. The first-order chi connectivity index (χ1) is 14.0. The third kappa shape index (κ3) is 5.82. The number of guanidine groups is 1. The predicted octanol–water partition coefficient (Wildman–Crippen LogP) is 2.62. The van der Waals surface area contributed by atoms with E-state index in [1.807, 2.05) is 37.3 Å². The van der Waals surface area contributed by atoms with Gasteiger partial charge in [-0.05, 0) is 41.9 Å². The molecule has 0 radical (unpaired) electrons. The summed E-state index contributed by atoms with van der Waals surface area (Å²) in [5.74, 6) is 0.929. The van der Waals surface area contributed by atoms with Crippen molar-refractivity contribution in [3.05, 3.63) is 60.3 Å². The molecule has 3 aromatic rings. The predicted molar refractivity (Wildman–Crippen MR) is 112 cm³/mol. The standard InChI is InChI=1S/C20H22N4O4S/c1-14-11-16(26-9-4-10-27-24-20(21)22)13-17(12-14)28-29(25)18-7-2-5-15-6-3-8-23-19(15)18/h2-3,5-8,11-13H,4,9-10H2,1H3,(H4,21,22,24). The van der Waals surface area contributed by atoms with Crippen molar-refractivity contribution < 1.29 is 18.0 Å². The van der Waals surface area contributed by atoms with E-state index in [2.05, 4.69) is 10.1 Å². The zero-order chi connectivity index (χ0) is 20.6. The molecule has 0 aliphatic rings. The first kappa shape index (κ1) is 20.4. The fraction of sp³-hybridized carbons (Fsp3) is 0.200. The summed E-state index contributed by atoms with van der Waals surface area (Å²) < 4.78 is 24.2. The molecule has 1 atom stereocenters. The summed E-state index contributed by atoms with van der Waals surface area (Å²) in [6.45, 7) is 2.63. The van der Waals surface area contributed by atoms with Crippen LogP contribution < -0.4 is 20.4 Å². The van der Waals surface area contributed by atoms with Gasteiger partial charge in [0.2, 0.25) is 17.0 Å². The minimum absolute atomic E-state index is 0.124. The van der Waals surface area contributed by atoms with Crippen LogP contribution in [0.2, 0.25) is 0 Å². The average Bonchev–Trinajstić information content (AvgIpc) is 2.69. The smallest absolute Gasteiger partial charge is 0.242 e. The molecule has 152 valence electrons. The summed E-state index contributed by atoms with van der Waals surface area (Å²) >= 11 is -1.72. The quantitative estimate of drug-likeness (QED) is 0.239. The molecule has 0 spiro atoms. The second kappa shape index (κ2) is 9.74. The van der Waals surface area contributed by atoms with E-state index in [1.54, 1.807) is 24.4 Å². The zero-order valence-corrected chi connectivity index (χ0v) is 16.7. The van der Waals surface area contributed by atoms with E-state index in [-0.39, 0.29) is 5.96 Å². The maximum atomic E-state index is 12.8. The van der Waals surface area contributed by atoms with Gasteiger partial charge in [0, 0.05) is 24.1 Å². The minimum Gasteiger partial charge on any atom is -0.493 e. The largest absolute Gasteiger partial charge is 0.493 e. The van der Waals surface area contributed by atoms with Crippen LogP contribution in [0.4, 0.5) is 0 Å². The second-order valence-corrected chi connectivity index (χ2v) is 7.26. The fourth-order valence-electron chi connectivity index (χ4n) is 2.62. The molecule has 0 amide bonds. The molecule has 1 unspecified atom stereocenters. The van der Waals surface area contributed by atoms with E-state index in [1.165, 1.54) is 0 Å². The maximum Gasteiger partial charge on any atom is 0.242 e. The topological polar surface area (TPSA) is 122 Å². The third-order valence-corrected chi connectivity index (χ3v) is 4.82. The van der Waals surface area contributed by atoms with Crippen LogP contribution in [-0.4, -0.2) is 28.4 Å². The van der Waals surface area contributed by atoms with Crippen LogP contribution in [-0.2, 0) is 15.9 Å². The van der Waals surface area contributed by atoms with Crippen LogP contribution in [0.15, 0.2) is 64.8 Å². The number of para-hydroxylation sites is 1. The SMILES string of the molecule is Cc1cc(OCCCON=C(N)N)cc(OS(=O)c2cccc3cccnc23)c1. The van der Waals surface area contributed by atoms with Gasteiger partial charge in [-0.2, -0.15) is 0 Å². The molecular formula is C20H22N4O4S. The molecule has 0 fully saturated rings. The van der Waals surface area contributed by atoms with Gasteiger partial charge in [-0.15, -0.1) is 0 Å². The molecular weight excluding hydrogens is 392 g/mol. The monoisotopic (exact) mass is 414 g/mol. The van der Waals surface area contributed by atoms with E-state index < -0.39 is 11.1 Å². The van der Waals surface area contributed by atoms with E-state index in [9.17, 15) is 4.21 Å². The summed E-state index contributed by atoms with van der Waals surface area (Å²) in [4.78, 5) is 9.74. The number of rotatable bonds is 9. The van der Waals surface area contributed by atoms with Crippen molar-refractivity contribution >= 4 is 27.9 Å². The van der Waals surface area contributed by atoms with Gasteiger partial charge >= 0.3 is 0 Å². The molecule has 0 bridgehead atoms. The Labute approximate surface area is 171 Å². The number of benzene rings is 2. The van der Waals surface area contributed by atoms with Gasteiger partial charge in [-0.1, -0.05) is 18.2 Å². The van der Waals surface area contributed by atoms with Crippen LogP contribution >= 0.6 is 0 Å². The van der Waals surface area contributed by atoms with Gasteiger partial charge < -0.3 is 25.2 Å². The molecule has 8 nitrogen and oxygen atoms in total. The zero-order valence-electron chi connectivity index (χ0n) is 15.9. The average molecular weight is 414 g/mol. The number of nitrogens with two attached hydrogens (primary N) is 2. The summed E-state index contributed by atoms with van der Waals surface area (Å²) in [6, 6.07) is 14.6. The van der Waals surface area contributed by atoms with E-state index in [0.29, 0.717) is 41.5 Å². The second-order valence-electron chi connectivity index (χ2n) is 6.18. The summed E-state index contributed by atoms with van der Waals surface area (Å²) in [6.07, 6.45) is 2.26. The normalized spacial score (nSPS) is 11.6. The Morgan fingerprint density at radius 1 is 1.10 bits per heavy atom. The molecule has 29 heavy (non-hydrogen) atoms. The van der Waals surface area contributed by atoms with Gasteiger partial charge in [-0.3, -0.25) is 4.98 Å². The van der Waals surface area contributed by atoms with Crippen LogP contribution in [0.5, 0.6) is 11.5 Å². The van der Waals surface area contributed by atoms with E-state index in [0.717, 1.165) is 10.9 Å². The van der Waals surface area contributed by atoms with Gasteiger partial charge in [-0.25, -0.2) is 4.21 Å². The van der Waals surface area contributed by atoms with Crippen molar-refractivity contribution in [2.24, 2.45) is 16.6 Å². The maximum absolute atomic E-state index is 12.8. The highest BCUT2D eigenvalue weighted by atomic mass is 32.2. The molecule has 0 aliphatic heterocycles. The van der Waals surface area contributed by atoms with Crippen molar-refractivity contribution in [1.29, 1.82) is 0 Å². The number of oxime groups is 1. The Hall–Kier alpha value is -3.33. The molecule has 9 heteroatoms. The lowest BCUT2D eigenvalue weighted by molar-refractivity contribution is 0.127. The number of hydrogen-bond donors (Lipinski definition) is 2. The van der Waals surface area contributed by atoms with Gasteiger partial charge in [0.05, 0.1) is 12.1 Å². The van der Waals surface area contributed by atoms with Crippen molar-refractivity contribution in [2.45, 2.75) is 18.2 Å². The van der Waals surface area contributed by atoms with Crippen LogP contribution in [0, 0.1) is 6.92 Å². The summed E-state index contributed by atoms with van der Waals surface area (Å²) in [5, 5.41) is 4.34. The molecule has 0 saturated heterocycles. The van der Waals surface area contributed by atoms with Gasteiger partial charge in [0.25, 0.3) is 0 Å².